The van der Waals surface area contributed by atoms with E-state index in [0.717, 1.165) is 11.1 Å². The fourth-order valence-electron chi connectivity index (χ4n) is 2.90. The third-order valence-corrected chi connectivity index (χ3v) is 3.98. The first kappa shape index (κ1) is 12.6. The van der Waals surface area contributed by atoms with Gasteiger partial charge in [0.05, 0.1) is 22.6 Å². The Hall–Kier alpha value is -3.12. The van der Waals surface area contributed by atoms with E-state index in [-0.39, 0.29) is 5.43 Å². The number of hydrogen-bond acceptors (Lipinski definition) is 3. The molecule has 0 fully saturated rings. The lowest BCUT2D eigenvalue weighted by molar-refractivity contribution is 0.547. The van der Waals surface area contributed by atoms with Crippen LogP contribution in [0, 0.1) is 11.3 Å². The molecule has 104 valence electrons. The number of para-hydroxylation sites is 1. The van der Waals surface area contributed by atoms with Crippen LogP contribution in [0.3, 0.4) is 0 Å². The van der Waals surface area contributed by atoms with Gasteiger partial charge in [0.15, 0.2) is 5.43 Å². The second kappa shape index (κ2) is 4.71. The number of nitriles is 1. The minimum atomic E-state index is -0.0857. The molecule has 0 atom stereocenters. The van der Waals surface area contributed by atoms with Gasteiger partial charge in [-0.2, -0.15) is 5.26 Å². The van der Waals surface area contributed by atoms with Gasteiger partial charge in [-0.25, -0.2) is 0 Å². The summed E-state index contributed by atoms with van der Waals surface area (Å²) >= 11 is 0. The van der Waals surface area contributed by atoms with E-state index in [1.165, 1.54) is 0 Å². The molecule has 3 heteroatoms. The van der Waals surface area contributed by atoms with Crippen LogP contribution in [0.25, 0.3) is 22.6 Å². The molecule has 0 saturated carbocycles. The van der Waals surface area contributed by atoms with Gasteiger partial charge >= 0.3 is 0 Å². The van der Waals surface area contributed by atoms with E-state index in [4.69, 9.17) is 4.42 Å². The normalized spacial score (nSPS) is 12.8. The van der Waals surface area contributed by atoms with Crippen molar-refractivity contribution in [3.05, 3.63) is 81.2 Å². The topological polar surface area (TPSA) is 54.0 Å². The third kappa shape index (κ3) is 1.78. The van der Waals surface area contributed by atoms with Gasteiger partial charge in [0.25, 0.3) is 0 Å². The Bertz CT molecular complexity index is 1040. The third-order valence-electron chi connectivity index (χ3n) is 3.98. The molecule has 1 aliphatic rings. The fraction of sp³-hybridized carbons (Fsp3) is 0.0526. The summed E-state index contributed by atoms with van der Waals surface area (Å²) in [6, 6.07) is 17.1. The van der Waals surface area contributed by atoms with Crippen LogP contribution in [0.4, 0.5) is 0 Å². The summed E-state index contributed by atoms with van der Waals surface area (Å²) < 4.78 is 5.94. The van der Waals surface area contributed by atoms with Crippen molar-refractivity contribution in [2.45, 2.75) is 6.42 Å². The Labute approximate surface area is 126 Å². The van der Waals surface area contributed by atoms with Gasteiger partial charge < -0.3 is 4.42 Å². The van der Waals surface area contributed by atoms with Crippen LogP contribution >= 0.6 is 0 Å². The molecular weight excluding hydrogens is 274 g/mol. The first-order valence-corrected chi connectivity index (χ1v) is 7.03. The highest BCUT2D eigenvalue weighted by Gasteiger charge is 2.20. The maximum absolute atomic E-state index is 12.7. The summed E-state index contributed by atoms with van der Waals surface area (Å²) in [5, 5.41) is 9.98. The zero-order chi connectivity index (χ0) is 15.1. The molecule has 0 radical (unpaired) electrons. The lowest BCUT2D eigenvalue weighted by atomic mass is 10.00. The van der Waals surface area contributed by atoms with Crippen LogP contribution in [-0.2, 0) is 6.42 Å². The summed E-state index contributed by atoms with van der Waals surface area (Å²) in [5.74, 6) is 0.612. The summed E-state index contributed by atoms with van der Waals surface area (Å²) in [6.45, 7) is 0. The average Bonchev–Trinajstić information content (AvgIpc) is 2.71. The molecule has 3 nitrogen and oxygen atoms in total. The Morgan fingerprint density at radius 3 is 2.68 bits per heavy atom. The Morgan fingerprint density at radius 1 is 1.05 bits per heavy atom. The zero-order valence-electron chi connectivity index (χ0n) is 11.7. The van der Waals surface area contributed by atoms with Gasteiger partial charge in [-0.1, -0.05) is 36.4 Å². The highest BCUT2D eigenvalue weighted by atomic mass is 16.3. The molecule has 1 aliphatic carbocycles. The van der Waals surface area contributed by atoms with Crippen LogP contribution < -0.4 is 5.43 Å². The highest BCUT2D eigenvalue weighted by Crippen LogP contribution is 2.30. The van der Waals surface area contributed by atoms with Crippen LogP contribution in [0.1, 0.15) is 22.5 Å². The Balaban J connectivity index is 2.11. The molecule has 0 N–H and O–H groups in total. The van der Waals surface area contributed by atoms with Gasteiger partial charge in [-0.3, -0.25) is 4.79 Å². The SMILES string of the molecule is N#CC1=Cc2c(oc3ccccc3c2=O)Cc2ccccc21. The van der Waals surface area contributed by atoms with Crippen molar-refractivity contribution < 1.29 is 4.42 Å². The predicted octanol–water partition coefficient (Wildman–Crippen LogP) is 3.76. The van der Waals surface area contributed by atoms with Crippen molar-refractivity contribution in [1.29, 1.82) is 5.26 Å². The van der Waals surface area contributed by atoms with Crippen molar-refractivity contribution in [2.24, 2.45) is 0 Å². The molecule has 0 aliphatic heterocycles. The Morgan fingerprint density at radius 2 is 1.82 bits per heavy atom. The quantitative estimate of drug-likeness (QED) is 0.632. The van der Waals surface area contributed by atoms with E-state index in [1.807, 2.05) is 36.4 Å². The van der Waals surface area contributed by atoms with Crippen LogP contribution in [0.5, 0.6) is 0 Å². The average molecular weight is 285 g/mol. The fourth-order valence-corrected chi connectivity index (χ4v) is 2.90. The number of rotatable bonds is 0. The molecule has 22 heavy (non-hydrogen) atoms. The van der Waals surface area contributed by atoms with Crippen molar-refractivity contribution in [2.75, 3.05) is 0 Å². The summed E-state index contributed by atoms with van der Waals surface area (Å²) in [4.78, 5) is 12.7. The van der Waals surface area contributed by atoms with Crippen LogP contribution in [-0.4, -0.2) is 0 Å². The second-order valence-corrected chi connectivity index (χ2v) is 5.27. The van der Waals surface area contributed by atoms with E-state index < -0.39 is 0 Å². The molecular formula is C19H11NO2. The van der Waals surface area contributed by atoms with Crippen molar-refractivity contribution in [1.82, 2.24) is 0 Å². The van der Waals surface area contributed by atoms with Gasteiger partial charge in [0.2, 0.25) is 0 Å². The van der Waals surface area contributed by atoms with Gasteiger partial charge in [0.1, 0.15) is 11.3 Å². The van der Waals surface area contributed by atoms with Gasteiger partial charge in [0, 0.05) is 6.42 Å². The second-order valence-electron chi connectivity index (χ2n) is 5.27. The molecule has 0 amide bonds. The van der Waals surface area contributed by atoms with Gasteiger partial charge in [-0.05, 0) is 29.3 Å². The molecule has 0 bridgehead atoms. The van der Waals surface area contributed by atoms with E-state index in [1.54, 1.807) is 18.2 Å². The van der Waals surface area contributed by atoms with E-state index in [0.29, 0.717) is 34.3 Å². The van der Waals surface area contributed by atoms with E-state index >= 15 is 0 Å². The summed E-state index contributed by atoms with van der Waals surface area (Å²) in [6.07, 6.45) is 2.16. The number of benzene rings is 2. The first-order chi connectivity index (χ1) is 10.8. The van der Waals surface area contributed by atoms with Crippen molar-refractivity contribution >= 4 is 22.6 Å². The standard InChI is InChI=1S/C19H11NO2/c20-11-13-9-16-18(10-12-5-1-2-6-14(12)13)22-17-8-4-3-7-15(17)19(16)21/h1-9H,10H2. The molecule has 0 spiro atoms. The van der Waals surface area contributed by atoms with Crippen molar-refractivity contribution in [3.8, 4) is 6.07 Å². The number of hydrogen-bond donors (Lipinski definition) is 0. The molecule has 1 heterocycles. The number of nitrogens with zero attached hydrogens (tertiary/aromatic N) is 1. The van der Waals surface area contributed by atoms with Gasteiger partial charge in [-0.15, -0.1) is 0 Å². The first-order valence-electron chi connectivity index (χ1n) is 7.03. The number of fused-ring (bicyclic) bond motifs is 3. The minimum Gasteiger partial charge on any atom is -0.460 e. The molecule has 2 aromatic carbocycles. The molecule has 0 unspecified atom stereocenters. The maximum atomic E-state index is 12.7. The highest BCUT2D eigenvalue weighted by molar-refractivity contribution is 5.93. The Kier molecular flexibility index (Phi) is 2.70. The summed E-state index contributed by atoms with van der Waals surface area (Å²) in [5.41, 5.74) is 3.32. The number of allylic oxidation sites excluding steroid dienone is 1. The van der Waals surface area contributed by atoms with E-state index in [2.05, 4.69) is 6.07 Å². The lowest BCUT2D eigenvalue weighted by Gasteiger charge is -2.06. The van der Waals surface area contributed by atoms with Crippen molar-refractivity contribution in [3.63, 3.8) is 0 Å². The minimum absolute atomic E-state index is 0.0857. The van der Waals surface area contributed by atoms with Crippen LogP contribution in [0.15, 0.2) is 57.7 Å². The molecule has 1 aromatic heterocycles. The predicted molar refractivity (Wildman–Crippen MR) is 85.2 cm³/mol. The van der Waals surface area contributed by atoms with Crippen LogP contribution in [0.2, 0.25) is 0 Å². The molecule has 3 aromatic rings. The smallest absolute Gasteiger partial charge is 0.200 e. The van der Waals surface area contributed by atoms with E-state index in [9.17, 15) is 10.1 Å². The summed E-state index contributed by atoms with van der Waals surface area (Å²) in [7, 11) is 0. The molecule has 0 saturated heterocycles. The molecule has 4 rings (SSSR count). The lowest BCUT2D eigenvalue weighted by Crippen LogP contribution is -2.09. The largest absolute Gasteiger partial charge is 0.460 e. The monoisotopic (exact) mass is 285 g/mol. The maximum Gasteiger partial charge on any atom is 0.200 e. The zero-order valence-corrected chi connectivity index (χ0v) is 11.7.